The van der Waals surface area contributed by atoms with Gasteiger partial charge in [-0.2, -0.15) is 0 Å². The SMILES string of the molecule is CCc1cc(Br)cc(Cl)c1C1=C(OC(=O)C(C)(C)C)C2(CCCCC2)NC1=O. The van der Waals surface area contributed by atoms with Gasteiger partial charge in [0, 0.05) is 10.0 Å². The van der Waals surface area contributed by atoms with Gasteiger partial charge in [0.2, 0.25) is 0 Å². The minimum atomic E-state index is -0.670. The van der Waals surface area contributed by atoms with E-state index in [1.165, 1.54) is 0 Å². The van der Waals surface area contributed by atoms with Gasteiger partial charge in [0.25, 0.3) is 5.91 Å². The Hall–Kier alpha value is -1.33. The maximum absolute atomic E-state index is 13.2. The maximum atomic E-state index is 13.2. The lowest BCUT2D eigenvalue weighted by molar-refractivity contribution is -0.149. The zero-order valence-corrected chi connectivity index (χ0v) is 19.2. The third-order valence-electron chi connectivity index (χ3n) is 5.52. The fraction of sp³-hybridized carbons (Fsp3) is 0.545. The van der Waals surface area contributed by atoms with Crippen LogP contribution >= 0.6 is 27.5 Å². The molecule has 4 nitrogen and oxygen atoms in total. The molecule has 1 N–H and O–H groups in total. The maximum Gasteiger partial charge on any atom is 0.316 e. The second kappa shape index (κ2) is 7.83. The van der Waals surface area contributed by atoms with Crippen molar-refractivity contribution in [2.24, 2.45) is 5.41 Å². The Morgan fingerprint density at radius 2 is 1.89 bits per heavy atom. The molecule has 6 heteroatoms. The fourth-order valence-electron chi connectivity index (χ4n) is 3.99. The molecule has 1 fully saturated rings. The molecule has 152 valence electrons. The number of benzene rings is 1. The van der Waals surface area contributed by atoms with Crippen molar-refractivity contribution in [3.63, 3.8) is 0 Å². The van der Waals surface area contributed by atoms with Gasteiger partial charge in [0.05, 0.1) is 21.5 Å². The minimum Gasteiger partial charge on any atom is -0.427 e. The first kappa shape index (κ1) is 21.4. The molecular formula is C22H27BrClNO3. The zero-order valence-electron chi connectivity index (χ0n) is 16.9. The largest absolute Gasteiger partial charge is 0.427 e. The highest BCUT2D eigenvalue weighted by Crippen LogP contribution is 2.46. The molecule has 1 spiro atoms. The summed E-state index contributed by atoms with van der Waals surface area (Å²) in [6, 6.07) is 3.75. The number of rotatable bonds is 3. The van der Waals surface area contributed by atoms with E-state index in [9.17, 15) is 9.59 Å². The van der Waals surface area contributed by atoms with Gasteiger partial charge in [-0.05, 0) is 57.7 Å². The predicted octanol–water partition coefficient (Wildman–Crippen LogP) is 5.80. The van der Waals surface area contributed by atoms with Crippen LogP contribution in [0.1, 0.15) is 70.9 Å². The van der Waals surface area contributed by atoms with E-state index in [2.05, 4.69) is 21.2 Å². The number of hydrogen-bond donors (Lipinski definition) is 1. The smallest absolute Gasteiger partial charge is 0.316 e. The second-order valence-corrected chi connectivity index (χ2v) is 10.0. The number of esters is 1. The first-order valence-electron chi connectivity index (χ1n) is 9.87. The van der Waals surface area contributed by atoms with Crippen molar-refractivity contribution in [1.82, 2.24) is 5.32 Å². The van der Waals surface area contributed by atoms with Crippen LogP contribution in [0, 0.1) is 5.41 Å². The quantitative estimate of drug-likeness (QED) is 0.571. The van der Waals surface area contributed by atoms with Gasteiger partial charge < -0.3 is 10.1 Å². The summed E-state index contributed by atoms with van der Waals surface area (Å²) in [7, 11) is 0. The van der Waals surface area contributed by atoms with Crippen molar-refractivity contribution in [2.75, 3.05) is 0 Å². The lowest BCUT2D eigenvalue weighted by Gasteiger charge is -2.35. The van der Waals surface area contributed by atoms with Gasteiger partial charge in [-0.1, -0.05) is 53.7 Å². The minimum absolute atomic E-state index is 0.211. The van der Waals surface area contributed by atoms with Crippen LogP contribution in [0.5, 0.6) is 0 Å². The highest BCUT2D eigenvalue weighted by molar-refractivity contribution is 9.10. The van der Waals surface area contributed by atoms with E-state index >= 15 is 0 Å². The molecule has 0 atom stereocenters. The van der Waals surface area contributed by atoms with Gasteiger partial charge in [-0.3, -0.25) is 9.59 Å². The molecule has 1 aromatic carbocycles. The number of carbonyl (C=O) groups excluding carboxylic acids is 2. The van der Waals surface area contributed by atoms with Crippen molar-refractivity contribution in [3.05, 3.63) is 38.5 Å². The van der Waals surface area contributed by atoms with E-state index in [4.69, 9.17) is 16.3 Å². The van der Waals surface area contributed by atoms with Crippen LogP contribution in [0.4, 0.5) is 0 Å². The molecule has 1 saturated carbocycles. The number of nitrogens with one attached hydrogen (secondary N) is 1. The fourth-order valence-corrected chi connectivity index (χ4v) is 4.96. The Morgan fingerprint density at radius 1 is 1.25 bits per heavy atom. The Bertz CT molecular complexity index is 848. The molecule has 3 rings (SSSR count). The molecule has 1 aliphatic heterocycles. The molecule has 0 aromatic heterocycles. The Kier molecular flexibility index (Phi) is 5.98. The second-order valence-electron chi connectivity index (χ2n) is 8.72. The first-order chi connectivity index (χ1) is 13.1. The molecule has 1 amide bonds. The van der Waals surface area contributed by atoms with Gasteiger partial charge in [-0.25, -0.2) is 0 Å². The van der Waals surface area contributed by atoms with Crippen LogP contribution < -0.4 is 5.32 Å². The van der Waals surface area contributed by atoms with E-state index in [1.54, 1.807) is 6.07 Å². The van der Waals surface area contributed by atoms with Crippen LogP contribution in [0.2, 0.25) is 5.02 Å². The standard InChI is InChI=1S/C22H27BrClNO3/c1-5-13-11-14(23)12-15(24)16(13)17-18(28-20(27)21(2,3)4)22(25-19(17)26)9-7-6-8-10-22/h11-12H,5-10H2,1-4H3,(H,25,26). The van der Waals surface area contributed by atoms with Crippen LogP contribution in [-0.2, 0) is 20.7 Å². The predicted molar refractivity (Wildman–Crippen MR) is 115 cm³/mol. The van der Waals surface area contributed by atoms with Gasteiger partial charge in [0.1, 0.15) is 5.76 Å². The van der Waals surface area contributed by atoms with E-state index in [0.29, 0.717) is 28.3 Å². The van der Waals surface area contributed by atoms with Gasteiger partial charge >= 0.3 is 5.97 Å². The summed E-state index contributed by atoms with van der Waals surface area (Å²) < 4.78 is 6.84. The number of hydrogen-bond acceptors (Lipinski definition) is 3. The van der Waals surface area contributed by atoms with E-state index in [0.717, 1.165) is 42.1 Å². The Balaban J connectivity index is 2.23. The highest BCUT2D eigenvalue weighted by Gasteiger charge is 2.49. The summed E-state index contributed by atoms with van der Waals surface area (Å²) >= 11 is 10.1. The molecule has 2 aliphatic rings. The number of aryl methyl sites for hydroxylation is 1. The van der Waals surface area contributed by atoms with Crippen LogP contribution in [-0.4, -0.2) is 17.4 Å². The number of halogens is 2. The molecule has 0 bridgehead atoms. The molecule has 28 heavy (non-hydrogen) atoms. The summed E-state index contributed by atoms with van der Waals surface area (Å²) in [5.41, 5.74) is 0.739. The molecule has 1 aliphatic carbocycles. The lowest BCUT2D eigenvalue weighted by atomic mass is 9.80. The van der Waals surface area contributed by atoms with Crippen molar-refractivity contribution >= 4 is 45.0 Å². The average molecular weight is 469 g/mol. The molecule has 1 aromatic rings. The van der Waals surface area contributed by atoms with E-state index < -0.39 is 11.0 Å². The molecule has 0 radical (unpaired) electrons. The summed E-state index contributed by atoms with van der Waals surface area (Å²) in [6.45, 7) is 7.47. The average Bonchev–Trinajstić information content (AvgIpc) is 2.85. The monoisotopic (exact) mass is 467 g/mol. The number of carbonyl (C=O) groups is 2. The summed E-state index contributed by atoms with van der Waals surface area (Å²) in [4.78, 5) is 26.0. The summed E-state index contributed by atoms with van der Waals surface area (Å²) in [5.74, 6) is -0.0960. The zero-order chi connectivity index (χ0) is 20.7. The third kappa shape index (κ3) is 3.88. The van der Waals surface area contributed by atoms with Crippen molar-refractivity contribution < 1.29 is 14.3 Å². The normalized spacial score (nSPS) is 19.1. The Labute approximate surface area is 180 Å². The van der Waals surface area contributed by atoms with Crippen molar-refractivity contribution in [2.45, 2.75) is 71.8 Å². The van der Waals surface area contributed by atoms with E-state index in [1.807, 2.05) is 33.8 Å². The van der Waals surface area contributed by atoms with Crippen LogP contribution in [0.3, 0.4) is 0 Å². The number of ether oxygens (including phenoxy) is 1. The lowest BCUT2D eigenvalue weighted by Crippen LogP contribution is -2.47. The van der Waals surface area contributed by atoms with Crippen molar-refractivity contribution in [3.8, 4) is 0 Å². The molecular weight excluding hydrogens is 442 g/mol. The summed E-state index contributed by atoms with van der Waals surface area (Å²) in [5, 5.41) is 3.64. The highest BCUT2D eigenvalue weighted by atomic mass is 79.9. The Morgan fingerprint density at radius 3 is 2.46 bits per heavy atom. The van der Waals surface area contributed by atoms with Gasteiger partial charge in [-0.15, -0.1) is 0 Å². The number of amides is 1. The van der Waals surface area contributed by atoms with Crippen molar-refractivity contribution in [1.29, 1.82) is 0 Å². The molecule has 1 heterocycles. The van der Waals surface area contributed by atoms with Gasteiger partial charge in [0.15, 0.2) is 0 Å². The molecule has 0 saturated heterocycles. The third-order valence-corrected chi connectivity index (χ3v) is 6.28. The van der Waals surface area contributed by atoms with Crippen LogP contribution in [0.25, 0.3) is 5.57 Å². The topological polar surface area (TPSA) is 55.4 Å². The molecule has 0 unspecified atom stereocenters. The summed E-state index contributed by atoms with van der Waals surface area (Å²) in [6.07, 6.45) is 5.33. The van der Waals surface area contributed by atoms with Crippen LogP contribution in [0.15, 0.2) is 22.4 Å². The van der Waals surface area contributed by atoms with E-state index in [-0.39, 0.29) is 11.9 Å². The first-order valence-corrected chi connectivity index (χ1v) is 11.0.